The first kappa shape index (κ1) is 22.2. The van der Waals surface area contributed by atoms with E-state index in [1.54, 1.807) is 26.0 Å². The van der Waals surface area contributed by atoms with Crippen LogP contribution in [-0.2, 0) is 14.8 Å². The Balaban J connectivity index is 1.71. The number of sulfonamides is 1. The largest absolute Gasteiger partial charge is 0.378 e. The van der Waals surface area contributed by atoms with E-state index in [1.165, 1.54) is 41.7 Å². The van der Waals surface area contributed by atoms with E-state index in [-0.39, 0.29) is 16.5 Å². The lowest BCUT2D eigenvalue weighted by Gasteiger charge is -2.29. The predicted molar refractivity (Wildman–Crippen MR) is 114 cm³/mol. The highest BCUT2D eigenvalue weighted by Gasteiger charge is 2.23. The molecule has 30 heavy (non-hydrogen) atoms. The third-order valence-electron chi connectivity index (χ3n) is 5.08. The van der Waals surface area contributed by atoms with Crippen molar-refractivity contribution in [1.82, 2.24) is 4.31 Å². The quantitative estimate of drug-likeness (QED) is 0.755. The first-order valence-electron chi connectivity index (χ1n) is 9.72. The van der Waals surface area contributed by atoms with E-state index in [0.717, 1.165) is 0 Å². The van der Waals surface area contributed by atoms with Crippen molar-refractivity contribution in [3.8, 4) is 0 Å². The van der Waals surface area contributed by atoms with E-state index in [1.807, 2.05) is 4.90 Å². The lowest BCUT2D eigenvalue weighted by Crippen LogP contribution is -2.36. The monoisotopic (exact) mass is 435 g/mol. The minimum atomic E-state index is -3.62. The van der Waals surface area contributed by atoms with Crippen molar-refractivity contribution in [1.29, 1.82) is 0 Å². The summed E-state index contributed by atoms with van der Waals surface area (Å²) in [6.07, 6.45) is 0. The first-order valence-corrected chi connectivity index (χ1v) is 11.2. The van der Waals surface area contributed by atoms with Gasteiger partial charge in [-0.2, -0.15) is 4.31 Å². The van der Waals surface area contributed by atoms with Gasteiger partial charge in [-0.25, -0.2) is 12.8 Å². The zero-order valence-corrected chi connectivity index (χ0v) is 18.1. The third-order valence-corrected chi connectivity index (χ3v) is 7.13. The van der Waals surface area contributed by atoms with E-state index in [0.29, 0.717) is 37.7 Å². The molecule has 0 aromatic heterocycles. The number of ether oxygens (including phenoxy) is 1. The second-order valence-electron chi connectivity index (χ2n) is 7.36. The van der Waals surface area contributed by atoms with Crippen LogP contribution in [0.25, 0.3) is 0 Å². The highest BCUT2D eigenvalue weighted by molar-refractivity contribution is 7.89. The maximum Gasteiger partial charge on any atom is 0.255 e. The zero-order chi connectivity index (χ0) is 21.9. The van der Waals surface area contributed by atoms with Crippen molar-refractivity contribution in [3.63, 3.8) is 0 Å². The molecule has 1 fully saturated rings. The van der Waals surface area contributed by atoms with E-state index < -0.39 is 21.7 Å². The number of benzene rings is 2. The van der Waals surface area contributed by atoms with Crippen molar-refractivity contribution in [2.45, 2.75) is 24.8 Å². The normalized spacial score (nSPS) is 14.9. The number of carbonyl (C=O) groups is 1. The molecule has 0 atom stereocenters. The summed E-state index contributed by atoms with van der Waals surface area (Å²) >= 11 is 0. The molecule has 0 aliphatic carbocycles. The Labute approximate surface area is 176 Å². The molecule has 7 nitrogen and oxygen atoms in total. The molecule has 1 aliphatic heterocycles. The molecule has 2 aromatic carbocycles. The van der Waals surface area contributed by atoms with Crippen LogP contribution in [-0.4, -0.2) is 58.0 Å². The van der Waals surface area contributed by atoms with E-state index in [2.05, 4.69) is 5.32 Å². The lowest BCUT2D eigenvalue weighted by molar-refractivity contribution is 0.102. The highest BCUT2D eigenvalue weighted by atomic mass is 32.2. The molecule has 162 valence electrons. The van der Waals surface area contributed by atoms with Crippen molar-refractivity contribution in [2.75, 3.05) is 43.6 Å². The number of hydrogen-bond donors (Lipinski definition) is 1. The number of rotatable bonds is 6. The van der Waals surface area contributed by atoms with Crippen LogP contribution in [0.2, 0.25) is 0 Å². The maximum atomic E-state index is 14.5. The Bertz CT molecular complexity index is 1000. The predicted octanol–water partition coefficient (Wildman–Crippen LogP) is 2.94. The van der Waals surface area contributed by atoms with Gasteiger partial charge in [0, 0.05) is 37.4 Å². The first-order chi connectivity index (χ1) is 14.2. The number of nitrogens with zero attached hydrogens (tertiary/aromatic N) is 2. The van der Waals surface area contributed by atoms with Crippen LogP contribution >= 0.6 is 0 Å². The topological polar surface area (TPSA) is 79.0 Å². The van der Waals surface area contributed by atoms with E-state index >= 15 is 0 Å². The molecule has 1 saturated heterocycles. The average molecular weight is 436 g/mol. The smallest absolute Gasteiger partial charge is 0.255 e. The average Bonchev–Trinajstić information content (AvgIpc) is 2.74. The molecular formula is C21H26FN3O4S. The molecule has 9 heteroatoms. The summed E-state index contributed by atoms with van der Waals surface area (Å²) in [6, 6.07) is 10.0. The van der Waals surface area contributed by atoms with Gasteiger partial charge in [0.25, 0.3) is 5.91 Å². The van der Waals surface area contributed by atoms with E-state index in [9.17, 15) is 17.6 Å². The van der Waals surface area contributed by atoms with Gasteiger partial charge in [0.2, 0.25) is 10.0 Å². The molecular weight excluding hydrogens is 409 g/mol. The second kappa shape index (κ2) is 9.11. The van der Waals surface area contributed by atoms with Crippen LogP contribution in [0.5, 0.6) is 0 Å². The van der Waals surface area contributed by atoms with Gasteiger partial charge in [0.15, 0.2) is 0 Å². The molecule has 0 saturated carbocycles. The van der Waals surface area contributed by atoms with Gasteiger partial charge in [-0.15, -0.1) is 0 Å². The fourth-order valence-corrected chi connectivity index (χ4v) is 4.44. The van der Waals surface area contributed by atoms with Crippen LogP contribution in [0, 0.1) is 5.82 Å². The minimum absolute atomic E-state index is 0.108. The number of nitrogens with one attached hydrogen (secondary N) is 1. The summed E-state index contributed by atoms with van der Waals surface area (Å²) in [5.74, 6) is -0.873. The molecule has 1 amide bonds. The van der Waals surface area contributed by atoms with Gasteiger partial charge >= 0.3 is 0 Å². The minimum Gasteiger partial charge on any atom is -0.378 e. The SMILES string of the molecule is CC(C)N(C)S(=O)(=O)c1ccc(C(=O)Nc2ccc(N3CCOCC3)c(F)c2)cc1. The van der Waals surface area contributed by atoms with Crippen molar-refractivity contribution in [3.05, 3.63) is 53.8 Å². The van der Waals surface area contributed by atoms with Crippen LogP contribution < -0.4 is 10.2 Å². The van der Waals surface area contributed by atoms with Crippen molar-refractivity contribution in [2.24, 2.45) is 0 Å². The number of anilines is 2. The summed E-state index contributed by atoms with van der Waals surface area (Å²) in [6.45, 7) is 5.90. The molecule has 1 aliphatic rings. The van der Waals surface area contributed by atoms with Crippen molar-refractivity contribution >= 4 is 27.3 Å². The van der Waals surface area contributed by atoms with Crippen LogP contribution in [0.4, 0.5) is 15.8 Å². The van der Waals surface area contributed by atoms with Gasteiger partial charge < -0.3 is 15.0 Å². The van der Waals surface area contributed by atoms with Crippen LogP contribution in [0.3, 0.4) is 0 Å². The molecule has 1 N–H and O–H groups in total. The molecule has 1 heterocycles. The molecule has 0 bridgehead atoms. The Morgan fingerprint density at radius 2 is 1.77 bits per heavy atom. The summed E-state index contributed by atoms with van der Waals surface area (Å²) < 4.78 is 46.1. The Hall–Kier alpha value is -2.49. The van der Waals surface area contributed by atoms with Gasteiger partial charge in [0.1, 0.15) is 5.82 Å². The molecule has 2 aromatic rings. The van der Waals surface area contributed by atoms with Gasteiger partial charge in [-0.1, -0.05) is 0 Å². The number of hydrogen-bond acceptors (Lipinski definition) is 5. The number of morpholine rings is 1. The third kappa shape index (κ3) is 4.80. The van der Waals surface area contributed by atoms with Gasteiger partial charge in [0.05, 0.1) is 23.8 Å². The fourth-order valence-electron chi connectivity index (χ4n) is 3.07. The summed E-state index contributed by atoms with van der Waals surface area (Å²) in [4.78, 5) is 14.5. The lowest BCUT2D eigenvalue weighted by atomic mass is 10.2. The summed E-state index contributed by atoms with van der Waals surface area (Å²) in [5, 5.41) is 2.65. The second-order valence-corrected chi connectivity index (χ2v) is 9.36. The number of carbonyl (C=O) groups excluding carboxylic acids is 1. The van der Waals surface area contributed by atoms with Gasteiger partial charge in [-0.05, 0) is 56.3 Å². The maximum absolute atomic E-state index is 14.5. The summed E-state index contributed by atoms with van der Waals surface area (Å²) in [7, 11) is -2.11. The van der Waals surface area contributed by atoms with Crippen LogP contribution in [0.1, 0.15) is 24.2 Å². The number of halogens is 1. The summed E-state index contributed by atoms with van der Waals surface area (Å²) in [5.41, 5.74) is 1.07. The zero-order valence-electron chi connectivity index (χ0n) is 17.3. The molecule has 0 spiro atoms. The van der Waals surface area contributed by atoms with Gasteiger partial charge in [-0.3, -0.25) is 4.79 Å². The Morgan fingerprint density at radius 3 is 2.33 bits per heavy atom. The molecule has 0 radical (unpaired) electrons. The highest BCUT2D eigenvalue weighted by Crippen LogP contribution is 2.24. The standard InChI is InChI=1S/C21H26FN3O4S/c1-15(2)24(3)30(27,28)18-7-4-16(5-8-18)21(26)23-17-6-9-20(19(22)14-17)25-10-12-29-13-11-25/h4-9,14-15H,10-13H2,1-3H3,(H,23,26). The van der Waals surface area contributed by atoms with Crippen molar-refractivity contribution < 1.29 is 22.3 Å². The number of amides is 1. The molecule has 0 unspecified atom stereocenters. The fraction of sp³-hybridized carbons (Fsp3) is 0.381. The Kier molecular flexibility index (Phi) is 6.74. The van der Waals surface area contributed by atoms with E-state index in [4.69, 9.17) is 4.74 Å². The molecule has 3 rings (SSSR count). The Morgan fingerprint density at radius 1 is 1.13 bits per heavy atom. The van der Waals surface area contributed by atoms with Crippen LogP contribution in [0.15, 0.2) is 47.4 Å².